The van der Waals surface area contributed by atoms with Crippen LogP contribution in [0.15, 0.2) is 57.9 Å². The second-order valence-corrected chi connectivity index (χ2v) is 7.00. The largest absolute Gasteiger partial charge is 0.494 e. The number of benzene rings is 2. The van der Waals surface area contributed by atoms with E-state index in [1.807, 2.05) is 31.2 Å². The molecule has 0 spiro atoms. The van der Waals surface area contributed by atoms with Gasteiger partial charge in [-0.3, -0.25) is 0 Å². The number of para-hydroxylation sites is 1. The predicted molar refractivity (Wildman–Crippen MR) is 85.8 cm³/mol. The molecule has 1 N–H and O–H groups in total. The Morgan fingerprint density at radius 2 is 1.76 bits per heavy atom. The molecule has 0 saturated heterocycles. The maximum Gasteiger partial charge on any atom is 0.240 e. The number of halogens is 1. The lowest BCUT2D eigenvalue weighted by Gasteiger charge is -2.11. The number of nitrogens with one attached hydrogen (secondary N) is 1. The maximum atomic E-state index is 12.2. The molecule has 21 heavy (non-hydrogen) atoms. The van der Waals surface area contributed by atoms with E-state index in [9.17, 15) is 8.42 Å². The minimum absolute atomic E-state index is 0.189. The van der Waals surface area contributed by atoms with Crippen LogP contribution in [0, 0.1) is 0 Å². The monoisotopic (exact) mass is 369 g/mol. The molecule has 0 fully saturated rings. The highest BCUT2D eigenvalue weighted by atomic mass is 79.9. The van der Waals surface area contributed by atoms with Crippen LogP contribution >= 0.6 is 15.9 Å². The second-order valence-electron chi connectivity index (χ2n) is 4.32. The van der Waals surface area contributed by atoms with Gasteiger partial charge in [-0.2, -0.15) is 0 Å². The number of hydrogen-bond donors (Lipinski definition) is 1. The first-order valence-electron chi connectivity index (χ1n) is 6.49. The topological polar surface area (TPSA) is 55.4 Å². The second kappa shape index (κ2) is 7.06. The Morgan fingerprint density at radius 3 is 2.43 bits per heavy atom. The fourth-order valence-corrected chi connectivity index (χ4v) is 3.09. The fraction of sp³-hybridized carbons (Fsp3) is 0.200. The maximum absolute atomic E-state index is 12.2. The van der Waals surface area contributed by atoms with Crippen LogP contribution in [0.4, 0.5) is 0 Å². The van der Waals surface area contributed by atoms with Crippen molar-refractivity contribution in [3.05, 3.63) is 58.6 Å². The molecule has 0 saturated carbocycles. The van der Waals surface area contributed by atoms with E-state index in [2.05, 4.69) is 20.7 Å². The van der Waals surface area contributed by atoms with Gasteiger partial charge in [0.05, 0.1) is 11.5 Å². The summed E-state index contributed by atoms with van der Waals surface area (Å²) in [5.41, 5.74) is 0.806. The summed E-state index contributed by atoms with van der Waals surface area (Å²) in [6.07, 6.45) is 0. The van der Waals surface area contributed by atoms with Crippen molar-refractivity contribution in [1.82, 2.24) is 4.72 Å². The van der Waals surface area contributed by atoms with Gasteiger partial charge >= 0.3 is 0 Å². The lowest BCUT2D eigenvalue weighted by Crippen LogP contribution is -2.23. The molecule has 2 rings (SSSR count). The number of sulfonamides is 1. The molecule has 0 heterocycles. The molecule has 0 aromatic heterocycles. The van der Waals surface area contributed by atoms with E-state index in [0.29, 0.717) is 12.4 Å². The van der Waals surface area contributed by atoms with E-state index < -0.39 is 10.0 Å². The zero-order valence-corrected chi connectivity index (χ0v) is 13.9. The normalized spacial score (nSPS) is 11.3. The third-order valence-corrected chi connectivity index (χ3v) is 4.79. The summed E-state index contributed by atoms with van der Waals surface area (Å²) in [6.45, 7) is 2.62. The first-order valence-corrected chi connectivity index (χ1v) is 8.76. The number of rotatable bonds is 6. The third-order valence-electron chi connectivity index (χ3n) is 2.85. The third kappa shape index (κ3) is 4.30. The molecule has 0 aliphatic rings. The van der Waals surface area contributed by atoms with Crippen molar-refractivity contribution >= 4 is 26.0 Å². The molecule has 0 aliphatic heterocycles. The summed E-state index contributed by atoms with van der Waals surface area (Å²) >= 11 is 3.28. The quantitative estimate of drug-likeness (QED) is 0.849. The van der Waals surface area contributed by atoms with E-state index in [1.54, 1.807) is 24.3 Å². The molecule has 0 aliphatic carbocycles. The SMILES string of the molecule is CCOc1ccccc1CNS(=O)(=O)c1ccc(Br)cc1. The summed E-state index contributed by atoms with van der Waals surface area (Å²) in [6, 6.07) is 13.9. The molecule has 112 valence electrons. The summed E-state index contributed by atoms with van der Waals surface area (Å²) in [7, 11) is -3.53. The molecule has 0 radical (unpaired) electrons. The van der Waals surface area contributed by atoms with Crippen LogP contribution in [0.1, 0.15) is 12.5 Å². The number of hydrogen-bond acceptors (Lipinski definition) is 3. The molecule has 0 amide bonds. The predicted octanol–water partition coefficient (Wildman–Crippen LogP) is 3.33. The molecule has 0 bridgehead atoms. The Kier molecular flexibility index (Phi) is 5.39. The Bertz CT molecular complexity index is 699. The summed E-state index contributed by atoms with van der Waals surface area (Å²) < 4.78 is 33.3. The van der Waals surface area contributed by atoms with Crippen molar-refractivity contribution in [2.45, 2.75) is 18.4 Å². The van der Waals surface area contributed by atoms with Crippen molar-refractivity contribution < 1.29 is 13.2 Å². The molecule has 2 aromatic carbocycles. The average molecular weight is 370 g/mol. The van der Waals surface area contributed by atoms with Crippen LogP contribution in [-0.2, 0) is 16.6 Å². The van der Waals surface area contributed by atoms with Crippen LogP contribution in [0.25, 0.3) is 0 Å². The highest BCUT2D eigenvalue weighted by Crippen LogP contribution is 2.19. The van der Waals surface area contributed by atoms with Crippen molar-refractivity contribution in [2.24, 2.45) is 0 Å². The van der Waals surface area contributed by atoms with Crippen LogP contribution in [0.2, 0.25) is 0 Å². The Balaban J connectivity index is 2.13. The molecular formula is C15H16BrNO3S. The summed E-state index contributed by atoms with van der Waals surface area (Å²) in [4.78, 5) is 0.236. The highest BCUT2D eigenvalue weighted by Gasteiger charge is 2.14. The Morgan fingerprint density at radius 1 is 1.10 bits per heavy atom. The summed E-state index contributed by atoms with van der Waals surface area (Å²) in [5, 5.41) is 0. The lowest BCUT2D eigenvalue weighted by atomic mass is 10.2. The minimum atomic E-state index is -3.53. The molecule has 0 unspecified atom stereocenters. The van der Waals surface area contributed by atoms with E-state index >= 15 is 0 Å². The molecule has 4 nitrogen and oxygen atoms in total. The van der Waals surface area contributed by atoms with Crippen LogP contribution in [-0.4, -0.2) is 15.0 Å². The molecular weight excluding hydrogens is 354 g/mol. The lowest BCUT2D eigenvalue weighted by molar-refractivity contribution is 0.336. The van der Waals surface area contributed by atoms with Gasteiger partial charge in [0.15, 0.2) is 0 Å². The van der Waals surface area contributed by atoms with Gasteiger partial charge < -0.3 is 4.74 Å². The van der Waals surface area contributed by atoms with Gasteiger partial charge in [-0.05, 0) is 37.3 Å². The van der Waals surface area contributed by atoms with Crippen molar-refractivity contribution in [3.63, 3.8) is 0 Å². The highest BCUT2D eigenvalue weighted by molar-refractivity contribution is 9.10. The van der Waals surface area contributed by atoms with Crippen molar-refractivity contribution in [3.8, 4) is 5.75 Å². The van der Waals surface area contributed by atoms with Gasteiger partial charge in [-0.15, -0.1) is 0 Å². The van der Waals surface area contributed by atoms with Gasteiger partial charge in [0.25, 0.3) is 0 Å². The number of ether oxygens (including phenoxy) is 1. The fourth-order valence-electron chi connectivity index (χ4n) is 1.82. The standard InChI is InChI=1S/C15H16BrNO3S/c1-2-20-15-6-4-3-5-12(15)11-17-21(18,19)14-9-7-13(16)8-10-14/h3-10,17H,2,11H2,1H3. The first kappa shape index (κ1) is 16.0. The van der Waals surface area contributed by atoms with E-state index in [0.717, 1.165) is 10.0 Å². The van der Waals surface area contributed by atoms with Gasteiger partial charge in [-0.1, -0.05) is 34.1 Å². The zero-order valence-electron chi connectivity index (χ0n) is 11.5. The average Bonchev–Trinajstić information content (AvgIpc) is 2.47. The summed E-state index contributed by atoms with van der Waals surface area (Å²) in [5.74, 6) is 0.693. The van der Waals surface area contributed by atoms with Gasteiger partial charge in [-0.25, -0.2) is 13.1 Å². The molecule has 2 aromatic rings. The van der Waals surface area contributed by atoms with Crippen molar-refractivity contribution in [2.75, 3.05) is 6.61 Å². The Hall–Kier alpha value is -1.37. The van der Waals surface area contributed by atoms with Crippen LogP contribution in [0.3, 0.4) is 0 Å². The zero-order chi connectivity index (χ0) is 15.3. The van der Waals surface area contributed by atoms with E-state index in [1.165, 1.54) is 0 Å². The smallest absolute Gasteiger partial charge is 0.240 e. The molecule has 0 atom stereocenters. The van der Waals surface area contributed by atoms with Crippen LogP contribution in [0.5, 0.6) is 5.75 Å². The van der Waals surface area contributed by atoms with Crippen LogP contribution < -0.4 is 9.46 Å². The van der Waals surface area contributed by atoms with Gasteiger partial charge in [0.2, 0.25) is 10.0 Å². The van der Waals surface area contributed by atoms with Gasteiger partial charge in [0.1, 0.15) is 5.75 Å². The van der Waals surface area contributed by atoms with E-state index in [4.69, 9.17) is 4.74 Å². The van der Waals surface area contributed by atoms with E-state index in [-0.39, 0.29) is 11.4 Å². The first-order chi connectivity index (χ1) is 10.0. The minimum Gasteiger partial charge on any atom is -0.494 e. The Labute approximate surface area is 133 Å². The molecule has 6 heteroatoms. The van der Waals surface area contributed by atoms with Crippen molar-refractivity contribution in [1.29, 1.82) is 0 Å². The van der Waals surface area contributed by atoms with Gasteiger partial charge in [0, 0.05) is 16.6 Å².